The number of furan rings is 1. The molecule has 4 aromatic rings. The van der Waals surface area contributed by atoms with E-state index in [2.05, 4.69) is 30.9 Å². The van der Waals surface area contributed by atoms with Gasteiger partial charge in [-0.3, -0.25) is 9.36 Å². The number of carbonyl (C=O) groups is 1. The molecule has 0 N–H and O–H groups in total. The van der Waals surface area contributed by atoms with Crippen LogP contribution in [0, 0.1) is 0 Å². The van der Waals surface area contributed by atoms with Crippen LogP contribution in [-0.2, 0) is 9.53 Å². The maximum atomic E-state index is 13.9. The Morgan fingerprint density at radius 2 is 2.02 bits per heavy atom. The molecule has 1 atom stereocenters. The number of aromatic nitrogens is 3. The zero-order valence-corrected chi connectivity index (χ0v) is 25.7. The Morgan fingerprint density at radius 1 is 1.27 bits per heavy atom. The van der Waals surface area contributed by atoms with Crippen LogP contribution in [0.15, 0.2) is 82.9 Å². The van der Waals surface area contributed by atoms with E-state index in [0.29, 0.717) is 51.8 Å². The van der Waals surface area contributed by atoms with Crippen LogP contribution in [0.4, 0.5) is 0 Å². The minimum atomic E-state index is -0.872. The van der Waals surface area contributed by atoms with Gasteiger partial charge >= 0.3 is 5.97 Å². The summed E-state index contributed by atoms with van der Waals surface area (Å²) in [6, 6.07) is 7.68. The topological polar surface area (TPSA) is 109 Å². The van der Waals surface area contributed by atoms with E-state index in [1.165, 1.54) is 34.8 Å². The molecule has 0 bridgehead atoms. The third kappa shape index (κ3) is 5.67. The van der Waals surface area contributed by atoms with Crippen LogP contribution < -0.4 is 19.6 Å². The number of nitrogens with zero attached hydrogens (tertiary/aromatic N) is 4. The highest BCUT2D eigenvalue weighted by Crippen LogP contribution is 2.38. The van der Waals surface area contributed by atoms with Crippen LogP contribution >= 0.6 is 50.6 Å². The monoisotopic (exact) mass is 660 g/mol. The van der Waals surface area contributed by atoms with Crippen LogP contribution in [0.1, 0.15) is 38.1 Å². The smallest absolute Gasteiger partial charge is 0.338 e. The van der Waals surface area contributed by atoms with Gasteiger partial charge in [-0.15, -0.1) is 0 Å². The van der Waals surface area contributed by atoms with Gasteiger partial charge in [-0.05, 0) is 78.8 Å². The summed E-state index contributed by atoms with van der Waals surface area (Å²) in [7, 11) is 1.52. The Hall–Kier alpha value is -3.19. The van der Waals surface area contributed by atoms with Gasteiger partial charge < -0.3 is 13.9 Å². The number of allylic oxidation sites excluding steroid dienone is 1. The fraction of sp³-hybridized carbons (Fsp3) is 0.222. The summed E-state index contributed by atoms with van der Waals surface area (Å²) in [5, 5.41) is 1.49. The Labute approximate surface area is 250 Å². The zero-order valence-electron chi connectivity index (χ0n) is 21.7. The van der Waals surface area contributed by atoms with E-state index < -0.39 is 12.0 Å². The lowest BCUT2D eigenvalue weighted by Gasteiger charge is -2.26. The maximum Gasteiger partial charge on any atom is 0.338 e. The third-order valence-electron chi connectivity index (χ3n) is 5.74. The number of thiazole rings is 1. The first-order valence-corrected chi connectivity index (χ1v) is 14.8. The van der Waals surface area contributed by atoms with E-state index in [0.717, 1.165) is 0 Å². The lowest BCUT2D eigenvalue weighted by Crippen LogP contribution is -2.40. The predicted molar refractivity (Wildman–Crippen MR) is 156 cm³/mol. The molecule has 206 valence electrons. The average Bonchev–Trinajstić information content (AvgIpc) is 3.40. The van der Waals surface area contributed by atoms with Gasteiger partial charge in [0.1, 0.15) is 17.6 Å². The summed E-state index contributed by atoms with van der Waals surface area (Å²) in [5.41, 5.74) is 0.851. The second-order valence-electron chi connectivity index (χ2n) is 8.84. The number of esters is 1. The molecule has 4 heterocycles. The molecule has 40 heavy (non-hydrogen) atoms. The first kappa shape index (κ1) is 28.3. The van der Waals surface area contributed by atoms with E-state index in [1.807, 2.05) is 0 Å². The highest BCUT2D eigenvalue weighted by atomic mass is 79.9. The summed E-state index contributed by atoms with van der Waals surface area (Å²) in [6.45, 7) is 5.24. The van der Waals surface area contributed by atoms with Crippen molar-refractivity contribution in [3.8, 4) is 5.75 Å². The van der Waals surface area contributed by atoms with Gasteiger partial charge in [-0.25, -0.2) is 19.8 Å². The zero-order chi connectivity index (χ0) is 28.6. The SMILES string of the molecule is COc1ccc(Cl)cc1[C@@H]1C(C(=O)OC(C)C)=C(C)N=c2s/c(=C\c3cc(Br)c(Sc4ncccn4)o3)c(=O)n21. The van der Waals surface area contributed by atoms with E-state index in [4.69, 9.17) is 25.5 Å². The van der Waals surface area contributed by atoms with Crippen LogP contribution in [-0.4, -0.2) is 33.7 Å². The van der Waals surface area contributed by atoms with Crippen molar-refractivity contribution in [2.45, 2.75) is 43.2 Å². The lowest BCUT2D eigenvalue weighted by molar-refractivity contribution is -0.143. The maximum absolute atomic E-state index is 13.9. The van der Waals surface area contributed by atoms with Crippen LogP contribution in [0.5, 0.6) is 5.75 Å². The van der Waals surface area contributed by atoms with Crippen molar-refractivity contribution in [3.63, 3.8) is 0 Å². The summed E-state index contributed by atoms with van der Waals surface area (Å²) in [5.74, 6) is 0.341. The summed E-state index contributed by atoms with van der Waals surface area (Å²) >= 11 is 12.3. The highest BCUT2D eigenvalue weighted by Gasteiger charge is 2.35. The standard InChI is InChI=1S/C27H22BrClN4O5S2/c1-13(2)37-24(35)21-14(3)32-27-33(22(21)17-10-15(29)6-7-19(17)36-4)23(34)20(39-27)12-16-11-18(28)25(38-16)40-26-30-8-5-9-31-26/h5-13,22H,1-4H3/b20-12-/t22-/m1/s1. The number of benzene rings is 1. The molecule has 1 aliphatic rings. The summed E-state index contributed by atoms with van der Waals surface area (Å²) < 4.78 is 19.7. The van der Waals surface area contributed by atoms with Gasteiger partial charge in [0.25, 0.3) is 5.56 Å². The van der Waals surface area contributed by atoms with Crippen LogP contribution in [0.3, 0.4) is 0 Å². The van der Waals surface area contributed by atoms with Crippen molar-refractivity contribution in [1.29, 1.82) is 0 Å². The van der Waals surface area contributed by atoms with Gasteiger partial charge in [0.2, 0.25) is 0 Å². The van der Waals surface area contributed by atoms with Gasteiger partial charge in [0, 0.05) is 29.1 Å². The number of rotatable bonds is 7. The Morgan fingerprint density at radius 3 is 2.73 bits per heavy atom. The number of carbonyl (C=O) groups excluding carboxylic acids is 1. The molecule has 0 fully saturated rings. The minimum absolute atomic E-state index is 0.232. The molecule has 0 radical (unpaired) electrons. The summed E-state index contributed by atoms with van der Waals surface area (Å²) in [4.78, 5) is 40.7. The number of hydrogen-bond donors (Lipinski definition) is 0. The van der Waals surface area contributed by atoms with Crippen LogP contribution in [0.2, 0.25) is 5.02 Å². The van der Waals surface area contributed by atoms with Gasteiger partial charge in [0.15, 0.2) is 15.1 Å². The fourth-order valence-electron chi connectivity index (χ4n) is 4.13. The fourth-order valence-corrected chi connectivity index (χ4v) is 6.58. The lowest BCUT2D eigenvalue weighted by atomic mass is 9.95. The second kappa shape index (κ2) is 11.7. The Balaban J connectivity index is 1.66. The molecule has 0 spiro atoms. The minimum Gasteiger partial charge on any atom is -0.496 e. The number of methoxy groups -OCH3 is 1. The van der Waals surface area contributed by atoms with E-state index in [-0.39, 0.29) is 17.2 Å². The molecule has 0 amide bonds. The van der Waals surface area contributed by atoms with Gasteiger partial charge in [0.05, 0.1) is 33.5 Å². The first-order chi connectivity index (χ1) is 19.2. The number of hydrogen-bond acceptors (Lipinski definition) is 10. The Kier molecular flexibility index (Phi) is 8.31. The summed E-state index contributed by atoms with van der Waals surface area (Å²) in [6.07, 6.45) is 4.56. The largest absolute Gasteiger partial charge is 0.496 e. The van der Waals surface area contributed by atoms with Crippen molar-refractivity contribution in [1.82, 2.24) is 14.5 Å². The van der Waals surface area contributed by atoms with Crippen molar-refractivity contribution in [2.75, 3.05) is 7.11 Å². The van der Waals surface area contributed by atoms with Gasteiger partial charge in [-0.2, -0.15) is 0 Å². The molecule has 9 nitrogen and oxygen atoms in total. The average molecular weight is 662 g/mol. The normalized spacial score (nSPS) is 15.3. The molecule has 1 aromatic carbocycles. The van der Waals surface area contributed by atoms with Crippen molar-refractivity contribution in [2.24, 2.45) is 4.99 Å². The number of halogens is 2. The second-order valence-corrected chi connectivity index (χ2v) is 12.1. The molecule has 0 saturated carbocycles. The van der Waals surface area contributed by atoms with E-state index in [9.17, 15) is 9.59 Å². The van der Waals surface area contributed by atoms with Crippen molar-refractivity contribution < 1.29 is 18.7 Å². The van der Waals surface area contributed by atoms with E-state index >= 15 is 0 Å². The number of fused-ring (bicyclic) bond motifs is 1. The first-order valence-electron chi connectivity index (χ1n) is 12.0. The van der Waals surface area contributed by atoms with E-state index in [1.54, 1.807) is 69.6 Å². The Bertz CT molecular complexity index is 1810. The molecule has 0 saturated heterocycles. The highest BCUT2D eigenvalue weighted by molar-refractivity contribution is 9.10. The van der Waals surface area contributed by atoms with Gasteiger partial charge in [-0.1, -0.05) is 22.9 Å². The molecule has 5 rings (SSSR count). The molecule has 1 aliphatic heterocycles. The van der Waals surface area contributed by atoms with Crippen LogP contribution in [0.25, 0.3) is 6.08 Å². The molecular formula is C27H22BrClN4O5S2. The molecule has 3 aromatic heterocycles. The predicted octanol–water partition coefficient (Wildman–Crippen LogP) is 5.15. The molecular weight excluding hydrogens is 640 g/mol. The number of ether oxygens (including phenoxy) is 2. The quantitative estimate of drug-likeness (QED) is 0.198. The van der Waals surface area contributed by atoms with Crippen molar-refractivity contribution >= 4 is 62.7 Å². The van der Waals surface area contributed by atoms with Crippen molar-refractivity contribution in [3.05, 3.63) is 94.5 Å². The molecule has 0 unspecified atom stereocenters. The molecule has 0 aliphatic carbocycles. The molecule has 13 heteroatoms. The third-order valence-corrected chi connectivity index (χ3v) is 8.70.